The van der Waals surface area contributed by atoms with Crippen LogP contribution in [0.25, 0.3) is 22.2 Å². The Kier molecular flexibility index (Phi) is 3.55. The standard InChI is InChI=1S/C23H21F3N2O2/c1-21(2,3)27-12-22(4)19-15(6-5-7-17(19)27)18-11-13-10-14(30-23(24,25)26)8-9-16(13)28(18)20(22)29/h5-11H,12H2,1-4H3. The molecule has 1 aromatic heterocycles. The molecule has 1 atom stereocenters. The molecule has 0 bridgehead atoms. The van der Waals surface area contributed by atoms with E-state index < -0.39 is 11.8 Å². The molecule has 0 saturated carbocycles. The van der Waals surface area contributed by atoms with Crippen molar-refractivity contribution in [3.8, 4) is 17.0 Å². The van der Waals surface area contributed by atoms with Crippen LogP contribution >= 0.6 is 0 Å². The average Bonchev–Trinajstić information content (AvgIpc) is 3.15. The Hall–Kier alpha value is -2.96. The van der Waals surface area contributed by atoms with Crippen molar-refractivity contribution in [2.45, 2.75) is 45.0 Å². The Morgan fingerprint density at radius 3 is 2.47 bits per heavy atom. The number of fused-ring (bicyclic) bond motifs is 4. The number of alkyl halides is 3. The highest BCUT2D eigenvalue weighted by molar-refractivity contribution is 6.09. The van der Waals surface area contributed by atoms with E-state index in [1.165, 1.54) is 18.2 Å². The normalized spacial score (nSPS) is 20.5. The first-order valence-corrected chi connectivity index (χ1v) is 9.78. The van der Waals surface area contributed by atoms with E-state index in [0.29, 0.717) is 23.1 Å². The smallest absolute Gasteiger partial charge is 0.406 e. The molecule has 0 saturated heterocycles. The zero-order valence-corrected chi connectivity index (χ0v) is 17.1. The van der Waals surface area contributed by atoms with E-state index >= 15 is 0 Å². The Balaban J connectivity index is 1.74. The van der Waals surface area contributed by atoms with Crippen LogP contribution in [0.4, 0.5) is 18.9 Å². The van der Waals surface area contributed by atoms with Crippen LogP contribution in [0, 0.1) is 0 Å². The SMILES string of the molecule is CC12CN(C(C)(C)C)c3cccc(c31)-c1cc3cc(OC(F)(F)F)ccc3n1C2=O. The van der Waals surface area contributed by atoms with Crippen molar-refractivity contribution >= 4 is 22.5 Å². The minimum absolute atomic E-state index is 0.0660. The number of hydrogen-bond acceptors (Lipinski definition) is 3. The monoisotopic (exact) mass is 414 g/mol. The van der Waals surface area contributed by atoms with Gasteiger partial charge in [0.2, 0.25) is 5.91 Å². The number of anilines is 1. The molecule has 0 aliphatic carbocycles. The second-order valence-electron chi connectivity index (χ2n) is 9.23. The van der Waals surface area contributed by atoms with Crippen molar-refractivity contribution in [3.05, 3.63) is 48.0 Å². The van der Waals surface area contributed by atoms with E-state index in [1.807, 2.05) is 25.1 Å². The molecule has 0 amide bonds. The van der Waals surface area contributed by atoms with Crippen LogP contribution in [-0.4, -0.2) is 28.9 Å². The highest BCUT2D eigenvalue weighted by atomic mass is 19.4. The Bertz CT molecular complexity index is 1220. The zero-order chi connectivity index (χ0) is 21.6. The molecule has 2 aliphatic heterocycles. The maximum Gasteiger partial charge on any atom is 0.573 e. The second-order valence-corrected chi connectivity index (χ2v) is 9.23. The first-order valence-electron chi connectivity index (χ1n) is 9.78. The van der Waals surface area contributed by atoms with Crippen LogP contribution in [0.5, 0.6) is 5.75 Å². The lowest BCUT2D eigenvalue weighted by atomic mass is 9.77. The predicted molar refractivity (Wildman–Crippen MR) is 109 cm³/mol. The number of hydrogen-bond donors (Lipinski definition) is 0. The summed E-state index contributed by atoms with van der Waals surface area (Å²) in [4.78, 5) is 16.0. The van der Waals surface area contributed by atoms with Gasteiger partial charge < -0.3 is 9.64 Å². The van der Waals surface area contributed by atoms with E-state index in [-0.39, 0.29) is 17.2 Å². The topological polar surface area (TPSA) is 34.5 Å². The van der Waals surface area contributed by atoms with Gasteiger partial charge in [-0.3, -0.25) is 9.36 Å². The van der Waals surface area contributed by atoms with Crippen LogP contribution < -0.4 is 9.64 Å². The van der Waals surface area contributed by atoms with E-state index in [9.17, 15) is 18.0 Å². The highest BCUT2D eigenvalue weighted by Gasteiger charge is 2.52. The van der Waals surface area contributed by atoms with Gasteiger partial charge in [-0.25, -0.2) is 0 Å². The number of aromatic nitrogens is 1. The Labute approximate surface area is 171 Å². The summed E-state index contributed by atoms with van der Waals surface area (Å²) in [5.74, 6) is -0.364. The molecule has 0 N–H and O–H groups in total. The molecule has 0 spiro atoms. The van der Waals surface area contributed by atoms with Crippen LogP contribution in [0.3, 0.4) is 0 Å². The number of benzene rings is 2. The van der Waals surface area contributed by atoms with Gasteiger partial charge in [0.25, 0.3) is 0 Å². The van der Waals surface area contributed by atoms with Crippen molar-refractivity contribution in [3.63, 3.8) is 0 Å². The maximum atomic E-state index is 13.8. The zero-order valence-electron chi connectivity index (χ0n) is 17.1. The molecule has 1 unspecified atom stereocenters. The average molecular weight is 414 g/mol. The largest absolute Gasteiger partial charge is 0.573 e. The molecule has 5 rings (SSSR count). The lowest BCUT2D eigenvalue weighted by Crippen LogP contribution is -2.48. The third kappa shape index (κ3) is 2.50. The fourth-order valence-corrected chi connectivity index (χ4v) is 4.87. The van der Waals surface area contributed by atoms with Gasteiger partial charge in [0.05, 0.1) is 16.6 Å². The molecule has 2 aromatic carbocycles. The van der Waals surface area contributed by atoms with Crippen LogP contribution in [0.1, 0.15) is 38.1 Å². The molecule has 30 heavy (non-hydrogen) atoms. The molecule has 2 aliphatic rings. The van der Waals surface area contributed by atoms with Crippen molar-refractivity contribution < 1.29 is 22.7 Å². The van der Waals surface area contributed by atoms with E-state index in [0.717, 1.165) is 16.8 Å². The molecule has 3 aromatic rings. The van der Waals surface area contributed by atoms with Gasteiger partial charge in [0, 0.05) is 34.3 Å². The number of halogens is 3. The lowest BCUT2D eigenvalue weighted by Gasteiger charge is -2.36. The number of nitrogens with zero attached hydrogens (tertiary/aromatic N) is 2. The molecule has 156 valence electrons. The van der Waals surface area contributed by atoms with Gasteiger partial charge in [-0.15, -0.1) is 13.2 Å². The predicted octanol–water partition coefficient (Wildman–Crippen LogP) is 5.74. The van der Waals surface area contributed by atoms with Crippen molar-refractivity contribution in [2.24, 2.45) is 0 Å². The van der Waals surface area contributed by atoms with E-state index in [1.54, 1.807) is 10.6 Å². The van der Waals surface area contributed by atoms with Gasteiger partial charge in [0.1, 0.15) is 5.75 Å². The van der Waals surface area contributed by atoms with Crippen LogP contribution in [0.2, 0.25) is 0 Å². The summed E-state index contributed by atoms with van der Waals surface area (Å²) in [5.41, 5.74) is 3.35. The summed E-state index contributed by atoms with van der Waals surface area (Å²) in [6.07, 6.45) is -4.76. The summed E-state index contributed by atoms with van der Waals surface area (Å²) >= 11 is 0. The number of carbonyl (C=O) groups is 1. The molecule has 0 radical (unpaired) electrons. The molecule has 4 nitrogen and oxygen atoms in total. The van der Waals surface area contributed by atoms with Gasteiger partial charge in [0.15, 0.2) is 0 Å². The number of rotatable bonds is 1. The van der Waals surface area contributed by atoms with Crippen molar-refractivity contribution in [1.29, 1.82) is 0 Å². The molecule has 7 heteroatoms. The van der Waals surface area contributed by atoms with Crippen LogP contribution in [-0.2, 0) is 5.41 Å². The first kappa shape index (κ1) is 19.0. The van der Waals surface area contributed by atoms with E-state index in [2.05, 4.69) is 30.4 Å². The third-order valence-electron chi connectivity index (χ3n) is 6.13. The van der Waals surface area contributed by atoms with Crippen LogP contribution in [0.15, 0.2) is 42.5 Å². The molecular formula is C23H21F3N2O2. The number of carbonyl (C=O) groups excluding carboxylic acids is 1. The second kappa shape index (κ2) is 5.59. The molecule has 3 heterocycles. The summed E-state index contributed by atoms with van der Waals surface area (Å²) in [5, 5.41) is 0.536. The molecule has 0 fully saturated rings. The quantitative estimate of drug-likeness (QED) is 0.510. The summed E-state index contributed by atoms with van der Waals surface area (Å²) in [6.45, 7) is 8.87. The third-order valence-corrected chi connectivity index (χ3v) is 6.13. The van der Waals surface area contributed by atoms with Gasteiger partial charge in [-0.05, 0) is 58.0 Å². The summed E-state index contributed by atoms with van der Waals surface area (Å²) in [7, 11) is 0. The van der Waals surface area contributed by atoms with Gasteiger partial charge >= 0.3 is 6.36 Å². The molecular weight excluding hydrogens is 393 g/mol. The maximum absolute atomic E-state index is 13.8. The van der Waals surface area contributed by atoms with Crippen molar-refractivity contribution in [1.82, 2.24) is 4.57 Å². The summed E-state index contributed by atoms with van der Waals surface area (Å²) in [6, 6.07) is 11.9. The highest BCUT2D eigenvalue weighted by Crippen LogP contribution is 2.53. The number of ether oxygens (including phenoxy) is 1. The van der Waals surface area contributed by atoms with Gasteiger partial charge in [-0.2, -0.15) is 0 Å². The van der Waals surface area contributed by atoms with Crippen molar-refractivity contribution in [2.75, 3.05) is 11.4 Å². The fraction of sp³-hybridized carbons (Fsp3) is 0.348. The Morgan fingerprint density at radius 1 is 1.07 bits per heavy atom. The lowest BCUT2D eigenvalue weighted by molar-refractivity contribution is -0.274. The Morgan fingerprint density at radius 2 is 1.80 bits per heavy atom. The fourth-order valence-electron chi connectivity index (χ4n) is 4.87. The first-order chi connectivity index (χ1) is 13.9. The van der Waals surface area contributed by atoms with Gasteiger partial charge in [-0.1, -0.05) is 12.1 Å². The minimum atomic E-state index is -4.76. The van der Waals surface area contributed by atoms with E-state index in [4.69, 9.17) is 0 Å². The minimum Gasteiger partial charge on any atom is -0.406 e. The summed E-state index contributed by atoms with van der Waals surface area (Å²) < 4.78 is 43.6.